The molecule has 1 aromatic heterocycles. The van der Waals surface area contributed by atoms with Crippen LogP contribution in [0.25, 0.3) is 5.69 Å². The molecule has 3 aromatic rings. The second-order valence-electron chi connectivity index (χ2n) is 8.22. The SMILES string of the molecule is CC[C@@H](C)NC(=O)c1nnn(-c2cccc3c2CCN(Cc2cccc(F)c2)C3)c1C. The van der Waals surface area contributed by atoms with Crippen molar-refractivity contribution in [1.29, 1.82) is 0 Å². The van der Waals surface area contributed by atoms with Gasteiger partial charge >= 0.3 is 0 Å². The third-order valence-electron chi connectivity index (χ3n) is 5.94. The molecule has 4 rings (SSSR count). The molecule has 162 valence electrons. The normalized spacial score (nSPS) is 14.8. The first kappa shape index (κ1) is 21.2. The van der Waals surface area contributed by atoms with E-state index in [0.29, 0.717) is 12.2 Å². The molecule has 1 atom stereocenters. The molecule has 0 saturated heterocycles. The lowest BCUT2D eigenvalue weighted by atomic mass is 9.97. The van der Waals surface area contributed by atoms with E-state index >= 15 is 0 Å². The van der Waals surface area contributed by atoms with Crippen LogP contribution in [0, 0.1) is 12.7 Å². The lowest BCUT2D eigenvalue weighted by Gasteiger charge is -2.30. The quantitative estimate of drug-likeness (QED) is 0.658. The van der Waals surface area contributed by atoms with Gasteiger partial charge in [0.1, 0.15) is 5.82 Å². The monoisotopic (exact) mass is 421 g/mol. The summed E-state index contributed by atoms with van der Waals surface area (Å²) >= 11 is 0. The van der Waals surface area contributed by atoms with Gasteiger partial charge in [0.25, 0.3) is 5.91 Å². The van der Waals surface area contributed by atoms with E-state index in [0.717, 1.165) is 42.9 Å². The van der Waals surface area contributed by atoms with Crippen molar-refractivity contribution in [2.45, 2.75) is 52.7 Å². The Morgan fingerprint density at radius 2 is 2.06 bits per heavy atom. The summed E-state index contributed by atoms with van der Waals surface area (Å²) in [6.45, 7) is 8.25. The molecular weight excluding hydrogens is 393 g/mol. The van der Waals surface area contributed by atoms with Crippen LogP contribution in [0.3, 0.4) is 0 Å². The zero-order valence-electron chi connectivity index (χ0n) is 18.2. The Bertz CT molecular complexity index is 1090. The van der Waals surface area contributed by atoms with Gasteiger partial charge in [-0.3, -0.25) is 9.69 Å². The fourth-order valence-corrected chi connectivity index (χ4v) is 4.04. The first-order valence-corrected chi connectivity index (χ1v) is 10.8. The van der Waals surface area contributed by atoms with E-state index in [1.54, 1.807) is 16.8 Å². The summed E-state index contributed by atoms with van der Waals surface area (Å²) in [6, 6.07) is 13.0. The number of fused-ring (bicyclic) bond motifs is 1. The third kappa shape index (κ3) is 4.51. The first-order chi connectivity index (χ1) is 15.0. The van der Waals surface area contributed by atoms with Gasteiger partial charge in [-0.25, -0.2) is 9.07 Å². The molecule has 1 N–H and O–H groups in total. The highest BCUT2D eigenvalue weighted by Crippen LogP contribution is 2.27. The number of benzene rings is 2. The number of amides is 1. The summed E-state index contributed by atoms with van der Waals surface area (Å²) in [5.74, 6) is -0.392. The number of nitrogens with one attached hydrogen (secondary N) is 1. The van der Waals surface area contributed by atoms with E-state index < -0.39 is 0 Å². The van der Waals surface area contributed by atoms with Gasteiger partial charge in [-0.1, -0.05) is 36.4 Å². The molecule has 0 radical (unpaired) electrons. The number of aromatic nitrogens is 3. The molecular formula is C24H28FN5O. The number of rotatable bonds is 6. The van der Waals surface area contributed by atoms with Gasteiger partial charge in [0.05, 0.1) is 11.4 Å². The van der Waals surface area contributed by atoms with Gasteiger partial charge in [0, 0.05) is 25.7 Å². The van der Waals surface area contributed by atoms with Crippen molar-refractivity contribution in [3.63, 3.8) is 0 Å². The Morgan fingerprint density at radius 3 is 2.84 bits per heavy atom. The van der Waals surface area contributed by atoms with Crippen LogP contribution in [-0.4, -0.2) is 38.4 Å². The lowest BCUT2D eigenvalue weighted by Crippen LogP contribution is -2.32. The maximum absolute atomic E-state index is 13.5. The summed E-state index contributed by atoms with van der Waals surface area (Å²) in [7, 11) is 0. The van der Waals surface area contributed by atoms with Crippen molar-refractivity contribution in [2.24, 2.45) is 0 Å². The molecule has 2 aromatic carbocycles. The summed E-state index contributed by atoms with van der Waals surface area (Å²) in [6.07, 6.45) is 1.71. The topological polar surface area (TPSA) is 63.1 Å². The Balaban J connectivity index is 1.56. The predicted octanol–water partition coefficient (Wildman–Crippen LogP) is 3.80. The average Bonchev–Trinajstić information content (AvgIpc) is 3.14. The molecule has 0 bridgehead atoms. The molecule has 0 fully saturated rings. The second kappa shape index (κ2) is 8.98. The van der Waals surface area contributed by atoms with Gasteiger partial charge in [-0.05, 0) is 61.6 Å². The van der Waals surface area contributed by atoms with Crippen molar-refractivity contribution in [2.75, 3.05) is 6.54 Å². The van der Waals surface area contributed by atoms with Crippen LogP contribution in [0.5, 0.6) is 0 Å². The minimum atomic E-state index is -0.202. The molecule has 1 aliphatic heterocycles. The molecule has 31 heavy (non-hydrogen) atoms. The summed E-state index contributed by atoms with van der Waals surface area (Å²) in [4.78, 5) is 14.9. The van der Waals surface area contributed by atoms with Crippen LogP contribution in [0.1, 0.15) is 53.1 Å². The summed E-state index contributed by atoms with van der Waals surface area (Å²) in [5.41, 5.74) is 5.48. The maximum atomic E-state index is 13.5. The second-order valence-corrected chi connectivity index (χ2v) is 8.22. The van der Waals surface area contributed by atoms with E-state index in [2.05, 4.69) is 26.6 Å². The smallest absolute Gasteiger partial charge is 0.273 e. The number of hydrogen-bond acceptors (Lipinski definition) is 4. The van der Waals surface area contributed by atoms with E-state index in [4.69, 9.17) is 0 Å². The molecule has 0 unspecified atom stereocenters. The minimum Gasteiger partial charge on any atom is -0.348 e. The van der Waals surface area contributed by atoms with Crippen molar-refractivity contribution in [1.82, 2.24) is 25.2 Å². The molecule has 0 spiro atoms. The van der Waals surface area contributed by atoms with E-state index in [-0.39, 0.29) is 17.8 Å². The first-order valence-electron chi connectivity index (χ1n) is 10.8. The fourth-order valence-electron chi connectivity index (χ4n) is 4.04. The van der Waals surface area contributed by atoms with Gasteiger partial charge in [-0.15, -0.1) is 5.10 Å². The van der Waals surface area contributed by atoms with Crippen LogP contribution >= 0.6 is 0 Å². The highest BCUT2D eigenvalue weighted by atomic mass is 19.1. The molecule has 2 heterocycles. The largest absolute Gasteiger partial charge is 0.348 e. The van der Waals surface area contributed by atoms with E-state index in [1.807, 2.05) is 39.0 Å². The highest BCUT2D eigenvalue weighted by molar-refractivity contribution is 5.93. The lowest BCUT2D eigenvalue weighted by molar-refractivity contribution is 0.0933. The Kier molecular flexibility index (Phi) is 6.13. The molecule has 6 nitrogen and oxygen atoms in total. The fraction of sp³-hybridized carbons (Fsp3) is 0.375. The predicted molar refractivity (Wildman–Crippen MR) is 118 cm³/mol. The Labute approximate surface area is 182 Å². The summed E-state index contributed by atoms with van der Waals surface area (Å²) < 4.78 is 15.3. The molecule has 1 aliphatic rings. The molecule has 7 heteroatoms. The minimum absolute atomic E-state index is 0.0885. The molecule has 1 amide bonds. The summed E-state index contributed by atoms with van der Waals surface area (Å²) in [5, 5.41) is 11.4. The van der Waals surface area contributed by atoms with E-state index in [1.165, 1.54) is 17.2 Å². The number of carbonyl (C=O) groups is 1. The van der Waals surface area contributed by atoms with Crippen molar-refractivity contribution < 1.29 is 9.18 Å². The third-order valence-corrected chi connectivity index (χ3v) is 5.94. The maximum Gasteiger partial charge on any atom is 0.273 e. The number of halogens is 1. The van der Waals surface area contributed by atoms with Gasteiger partial charge in [0.15, 0.2) is 5.69 Å². The zero-order valence-corrected chi connectivity index (χ0v) is 18.2. The number of hydrogen-bond donors (Lipinski definition) is 1. The standard InChI is InChI=1S/C24H28FN5O/c1-4-16(2)26-24(31)23-17(3)30(28-27-23)22-10-6-8-19-15-29(12-11-21(19)22)14-18-7-5-9-20(25)13-18/h5-10,13,16H,4,11-12,14-15H2,1-3H3,(H,26,31)/t16-/m1/s1. The van der Waals surface area contributed by atoms with E-state index in [9.17, 15) is 9.18 Å². The Morgan fingerprint density at radius 1 is 1.26 bits per heavy atom. The molecule has 0 saturated carbocycles. The van der Waals surface area contributed by atoms with Gasteiger partial charge in [-0.2, -0.15) is 0 Å². The highest BCUT2D eigenvalue weighted by Gasteiger charge is 2.23. The van der Waals surface area contributed by atoms with Crippen LogP contribution < -0.4 is 5.32 Å². The van der Waals surface area contributed by atoms with Crippen molar-refractivity contribution in [3.05, 3.63) is 76.4 Å². The number of carbonyl (C=O) groups excluding carboxylic acids is 1. The van der Waals surface area contributed by atoms with Crippen molar-refractivity contribution >= 4 is 5.91 Å². The average molecular weight is 422 g/mol. The van der Waals surface area contributed by atoms with Gasteiger partial charge < -0.3 is 5.32 Å². The Hall–Kier alpha value is -3.06. The van der Waals surface area contributed by atoms with Crippen molar-refractivity contribution in [3.8, 4) is 5.69 Å². The van der Waals surface area contributed by atoms with Crippen LogP contribution in [0.4, 0.5) is 4.39 Å². The zero-order chi connectivity index (χ0) is 22.0. The van der Waals surface area contributed by atoms with Gasteiger partial charge in [0.2, 0.25) is 0 Å². The van der Waals surface area contributed by atoms with Crippen LogP contribution in [-0.2, 0) is 19.5 Å². The van der Waals surface area contributed by atoms with Crippen LogP contribution in [0.15, 0.2) is 42.5 Å². The number of nitrogens with zero attached hydrogens (tertiary/aromatic N) is 4. The molecule has 0 aliphatic carbocycles. The van der Waals surface area contributed by atoms with Crippen LogP contribution in [0.2, 0.25) is 0 Å².